The van der Waals surface area contributed by atoms with Crippen LogP contribution in [0.15, 0.2) is 76.7 Å². The van der Waals surface area contributed by atoms with Crippen molar-refractivity contribution in [2.45, 2.75) is 23.8 Å². The number of nitrogens with zero attached hydrogens (tertiary/aromatic N) is 1. The maximum Gasteiger partial charge on any atom is 0.223 e. The molecule has 0 unspecified atom stereocenters. The third kappa shape index (κ3) is 3.51. The molecule has 1 heterocycles. The van der Waals surface area contributed by atoms with Gasteiger partial charge in [-0.1, -0.05) is 18.2 Å². The minimum absolute atomic E-state index is 0.139. The third-order valence-corrected chi connectivity index (χ3v) is 6.60. The van der Waals surface area contributed by atoms with Crippen LogP contribution in [0.4, 0.5) is 8.78 Å². The van der Waals surface area contributed by atoms with E-state index in [1.807, 2.05) is 13.8 Å². The lowest BCUT2D eigenvalue weighted by Crippen LogP contribution is -2.06. The van der Waals surface area contributed by atoms with Crippen molar-refractivity contribution in [3.8, 4) is 11.1 Å². The van der Waals surface area contributed by atoms with E-state index in [0.29, 0.717) is 22.0 Å². The molecule has 146 valence electrons. The van der Waals surface area contributed by atoms with Crippen LogP contribution in [0, 0.1) is 25.5 Å². The molecule has 0 N–H and O–H groups in total. The van der Waals surface area contributed by atoms with Crippen LogP contribution in [0.2, 0.25) is 0 Å². The predicted octanol–water partition coefficient (Wildman–Crippen LogP) is 5.63. The summed E-state index contributed by atoms with van der Waals surface area (Å²) in [6, 6.07) is 15.9. The third-order valence-electron chi connectivity index (χ3n) is 4.97. The van der Waals surface area contributed by atoms with Crippen molar-refractivity contribution in [2.24, 2.45) is 0 Å². The molecule has 0 fully saturated rings. The molecule has 0 saturated heterocycles. The van der Waals surface area contributed by atoms with Crippen LogP contribution in [0.1, 0.15) is 11.1 Å². The summed E-state index contributed by atoms with van der Waals surface area (Å²) < 4.78 is 53.7. The highest BCUT2D eigenvalue weighted by Gasteiger charge is 2.22. The lowest BCUT2D eigenvalue weighted by molar-refractivity contribution is 0.592. The van der Waals surface area contributed by atoms with Crippen LogP contribution in [0.3, 0.4) is 0 Å². The SMILES string of the molecule is Cc1ccc(S(=O)(=O)c2cc(-c3ccc(F)cc3)c3cc(F)ccc3n2)cc1C. The molecule has 0 aliphatic rings. The van der Waals surface area contributed by atoms with Gasteiger partial charge in [-0.3, -0.25) is 0 Å². The van der Waals surface area contributed by atoms with Crippen molar-refractivity contribution in [3.63, 3.8) is 0 Å². The number of benzene rings is 3. The lowest BCUT2D eigenvalue weighted by Gasteiger charge is -2.12. The number of aromatic nitrogens is 1. The average Bonchev–Trinajstić information content (AvgIpc) is 2.70. The molecule has 0 amide bonds. The van der Waals surface area contributed by atoms with Gasteiger partial charge in [0.2, 0.25) is 9.84 Å². The number of halogens is 2. The Kier molecular flexibility index (Phi) is 4.67. The molecule has 6 heteroatoms. The van der Waals surface area contributed by atoms with E-state index >= 15 is 0 Å². The van der Waals surface area contributed by atoms with E-state index in [1.54, 1.807) is 18.2 Å². The highest BCUT2D eigenvalue weighted by Crippen LogP contribution is 2.32. The zero-order valence-electron chi connectivity index (χ0n) is 15.8. The molecule has 1 aromatic heterocycles. The molecule has 4 rings (SSSR count). The summed E-state index contributed by atoms with van der Waals surface area (Å²) in [6.45, 7) is 3.75. The topological polar surface area (TPSA) is 47.0 Å². The van der Waals surface area contributed by atoms with Crippen LogP contribution in [-0.4, -0.2) is 13.4 Å². The molecule has 0 aliphatic heterocycles. The number of fused-ring (bicyclic) bond motifs is 1. The summed E-state index contributed by atoms with van der Waals surface area (Å²) in [5.74, 6) is -0.881. The van der Waals surface area contributed by atoms with Gasteiger partial charge in [0, 0.05) is 5.39 Å². The molecule has 0 atom stereocenters. The van der Waals surface area contributed by atoms with Crippen molar-refractivity contribution >= 4 is 20.7 Å². The number of sulfone groups is 1. The van der Waals surface area contributed by atoms with E-state index in [0.717, 1.165) is 11.1 Å². The second-order valence-corrected chi connectivity index (χ2v) is 8.82. The van der Waals surface area contributed by atoms with Crippen molar-refractivity contribution < 1.29 is 17.2 Å². The normalized spacial score (nSPS) is 11.7. The first-order valence-corrected chi connectivity index (χ1v) is 10.4. The smallest absolute Gasteiger partial charge is 0.223 e. The number of pyridine rings is 1. The van der Waals surface area contributed by atoms with Crippen molar-refractivity contribution in [2.75, 3.05) is 0 Å². The van der Waals surface area contributed by atoms with Crippen LogP contribution in [-0.2, 0) is 9.84 Å². The standard InChI is InChI=1S/C23H17F2NO2S/c1-14-3-9-19(11-15(14)2)29(27,28)23-13-20(16-4-6-17(24)7-5-16)21-12-18(25)8-10-22(21)26-23/h3-13H,1-2H3. The van der Waals surface area contributed by atoms with E-state index in [9.17, 15) is 17.2 Å². The van der Waals surface area contributed by atoms with Gasteiger partial charge in [0.25, 0.3) is 0 Å². The molecule has 29 heavy (non-hydrogen) atoms. The Morgan fingerprint density at radius 2 is 1.45 bits per heavy atom. The quantitative estimate of drug-likeness (QED) is 0.441. The van der Waals surface area contributed by atoms with Gasteiger partial charge in [0.1, 0.15) is 11.6 Å². The minimum Gasteiger partial charge on any atom is -0.236 e. The van der Waals surface area contributed by atoms with Gasteiger partial charge in [-0.25, -0.2) is 22.2 Å². The van der Waals surface area contributed by atoms with Crippen molar-refractivity contribution in [1.29, 1.82) is 0 Å². The van der Waals surface area contributed by atoms with Crippen LogP contribution >= 0.6 is 0 Å². The fourth-order valence-electron chi connectivity index (χ4n) is 3.18. The molecule has 0 radical (unpaired) electrons. The summed E-state index contributed by atoms with van der Waals surface area (Å²) in [7, 11) is -3.90. The molecular weight excluding hydrogens is 392 g/mol. The Morgan fingerprint density at radius 3 is 2.14 bits per heavy atom. The Bertz CT molecular complexity index is 1350. The first kappa shape index (κ1) is 19.2. The van der Waals surface area contributed by atoms with Gasteiger partial charge < -0.3 is 0 Å². The van der Waals surface area contributed by atoms with E-state index in [4.69, 9.17) is 0 Å². The lowest BCUT2D eigenvalue weighted by atomic mass is 10.0. The van der Waals surface area contributed by atoms with Gasteiger partial charge in [-0.05, 0) is 84.6 Å². The van der Waals surface area contributed by atoms with E-state index in [2.05, 4.69) is 4.98 Å². The zero-order valence-corrected chi connectivity index (χ0v) is 16.6. The van der Waals surface area contributed by atoms with Gasteiger partial charge in [0.05, 0.1) is 10.4 Å². The second kappa shape index (κ2) is 7.04. The first-order valence-electron chi connectivity index (χ1n) is 8.94. The van der Waals surface area contributed by atoms with Gasteiger partial charge in [-0.15, -0.1) is 0 Å². The molecule has 3 nitrogen and oxygen atoms in total. The number of hydrogen-bond donors (Lipinski definition) is 0. The Labute approximate surface area is 167 Å². The maximum absolute atomic E-state index is 13.9. The molecule has 0 bridgehead atoms. The maximum atomic E-state index is 13.9. The highest BCUT2D eigenvalue weighted by molar-refractivity contribution is 7.91. The van der Waals surface area contributed by atoms with Crippen LogP contribution in [0.5, 0.6) is 0 Å². The summed E-state index contributed by atoms with van der Waals surface area (Å²) in [5.41, 5.74) is 3.22. The van der Waals surface area contributed by atoms with Gasteiger partial charge in [0.15, 0.2) is 5.03 Å². The van der Waals surface area contributed by atoms with E-state index in [1.165, 1.54) is 48.5 Å². The van der Waals surface area contributed by atoms with Gasteiger partial charge in [-0.2, -0.15) is 0 Å². The summed E-state index contributed by atoms with van der Waals surface area (Å²) in [4.78, 5) is 4.43. The fourth-order valence-corrected chi connectivity index (χ4v) is 4.49. The predicted molar refractivity (Wildman–Crippen MR) is 108 cm³/mol. The Hall–Kier alpha value is -3.12. The Morgan fingerprint density at radius 1 is 0.759 bits per heavy atom. The highest BCUT2D eigenvalue weighted by atomic mass is 32.2. The molecular formula is C23H17F2NO2S. The summed E-state index contributed by atoms with van der Waals surface area (Å²) in [5, 5.41) is 0.315. The number of rotatable bonds is 3. The van der Waals surface area contributed by atoms with E-state index in [-0.39, 0.29) is 9.92 Å². The summed E-state index contributed by atoms with van der Waals surface area (Å²) >= 11 is 0. The molecule has 0 aliphatic carbocycles. The molecule has 3 aromatic carbocycles. The summed E-state index contributed by atoms with van der Waals surface area (Å²) in [6.07, 6.45) is 0. The molecule has 4 aromatic rings. The molecule has 0 spiro atoms. The number of hydrogen-bond acceptors (Lipinski definition) is 3. The van der Waals surface area contributed by atoms with Crippen molar-refractivity contribution in [1.82, 2.24) is 4.98 Å². The van der Waals surface area contributed by atoms with E-state index < -0.39 is 21.5 Å². The molecule has 0 saturated carbocycles. The monoisotopic (exact) mass is 409 g/mol. The van der Waals surface area contributed by atoms with Crippen molar-refractivity contribution in [3.05, 3.63) is 89.5 Å². The van der Waals surface area contributed by atoms with Crippen LogP contribution < -0.4 is 0 Å². The zero-order chi connectivity index (χ0) is 20.8. The minimum atomic E-state index is -3.90. The van der Waals surface area contributed by atoms with Gasteiger partial charge >= 0.3 is 0 Å². The number of aryl methyl sites for hydroxylation is 2. The second-order valence-electron chi connectivity index (χ2n) is 6.93. The first-order chi connectivity index (χ1) is 13.8. The largest absolute Gasteiger partial charge is 0.236 e. The fraction of sp³-hybridized carbons (Fsp3) is 0.0870. The average molecular weight is 409 g/mol. The Balaban J connectivity index is 1.99. The van der Waals surface area contributed by atoms with Crippen LogP contribution in [0.25, 0.3) is 22.0 Å².